The molecule has 0 N–H and O–H groups in total. The number of nitrogens with zero attached hydrogens (tertiary/aromatic N) is 1. The first-order chi connectivity index (χ1) is 7.31. The SMILES string of the molecule is [C-]#[N+]CCc1ccc(OCC)c(OC)c1. The first-order valence-electron chi connectivity index (χ1n) is 4.94. The van der Waals surface area contributed by atoms with Crippen LogP contribution in [0.4, 0.5) is 0 Å². The van der Waals surface area contributed by atoms with Crippen LogP contribution in [-0.4, -0.2) is 20.3 Å². The third-order valence-electron chi connectivity index (χ3n) is 2.04. The van der Waals surface area contributed by atoms with Gasteiger partial charge in [-0.05, 0) is 24.6 Å². The van der Waals surface area contributed by atoms with Gasteiger partial charge >= 0.3 is 0 Å². The minimum Gasteiger partial charge on any atom is -0.493 e. The highest BCUT2D eigenvalue weighted by molar-refractivity contribution is 5.43. The quantitative estimate of drug-likeness (QED) is 0.689. The minimum atomic E-state index is 0.511. The van der Waals surface area contributed by atoms with Crippen molar-refractivity contribution < 1.29 is 9.47 Å². The summed E-state index contributed by atoms with van der Waals surface area (Å²) in [4.78, 5) is 3.32. The van der Waals surface area contributed by atoms with Gasteiger partial charge in [0.1, 0.15) is 0 Å². The lowest BCUT2D eigenvalue weighted by Gasteiger charge is -2.09. The molecule has 0 atom stereocenters. The fraction of sp³-hybridized carbons (Fsp3) is 0.417. The van der Waals surface area contributed by atoms with Crippen molar-refractivity contribution in [2.24, 2.45) is 0 Å². The number of benzene rings is 1. The van der Waals surface area contributed by atoms with E-state index in [4.69, 9.17) is 16.0 Å². The molecular formula is C12H15NO2. The first kappa shape index (κ1) is 11.4. The van der Waals surface area contributed by atoms with E-state index >= 15 is 0 Å². The van der Waals surface area contributed by atoms with Gasteiger partial charge in [-0.1, -0.05) is 6.07 Å². The molecule has 3 heteroatoms. The van der Waals surface area contributed by atoms with E-state index in [2.05, 4.69) is 4.85 Å². The number of hydrogen-bond donors (Lipinski definition) is 0. The fourth-order valence-electron chi connectivity index (χ4n) is 1.33. The van der Waals surface area contributed by atoms with E-state index in [1.165, 1.54) is 0 Å². The van der Waals surface area contributed by atoms with Gasteiger partial charge in [-0.2, -0.15) is 0 Å². The summed E-state index contributed by atoms with van der Waals surface area (Å²) in [5, 5.41) is 0. The molecule has 0 aliphatic carbocycles. The highest BCUT2D eigenvalue weighted by atomic mass is 16.5. The molecule has 0 unspecified atom stereocenters. The number of rotatable bonds is 5. The van der Waals surface area contributed by atoms with E-state index in [-0.39, 0.29) is 0 Å². The van der Waals surface area contributed by atoms with Crippen LogP contribution in [-0.2, 0) is 6.42 Å². The van der Waals surface area contributed by atoms with Crippen LogP contribution in [0.15, 0.2) is 18.2 Å². The van der Waals surface area contributed by atoms with E-state index in [1.807, 2.05) is 25.1 Å². The van der Waals surface area contributed by atoms with Gasteiger partial charge in [-0.25, -0.2) is 6.57 Å². The lowest BCUT2D eigenvalue weighted by Crippen LogP contribution is -1.97. The van der Waals surface area contributed by atoms with Crippen molar-refractivity contribution in [2.75, 3.05) is 20.3 Å². The zero-order chi connectivity index (χ0) is 11.1. The van der Waals surface area contributed by atoms with Gasteiger partial charge in [0, 0.05) is 6.42 Å². The van der Waals surface area contributed by atoms with Gasteiger partial charge in [-0.3, -0.25) is 0 Å². The first-order valence-corrected chi connectivity index (χ1v) is 4.94. The molecule has 80 valence electrons. The van der Waals surface area contributed by atoms with Gasteiger partial charge in [0.05, 0.1) is 13.7 Å². The summed E-state index contributed by atoms with van der Waals surface area (Å²) in [6.45, 7) is 9.80. The second kappa shape index (κ2) is 5.92. The van der Waals surface area contributed by atoms with E-state index in [0.717, 1.165) is 23.5 Å². The third-order valence-corrected chi connectivity index (χ3v) is 2.04. The highest BCUT2D eigenvalue weighted by Crippen LogP contribution is 2.28. The van der Waals surface area contributed by atoms with E-state index < -0.39 is 0 Å². The maximum atomic E-state index is 6.73. The molecule has 0 aromatic heterocycles. The lowest BCUT2D eigenvalue weighted by molar-refractivity contribution is 0.310. The molecule has 0 amide bonds. The van der Waals surface area contributed by atoms with Gasteiger partial charge in [0.2, 0.25) is 6.54 Å². The molecule has 15 heavy (non-hydrogen) atoms. The summed E-state index contributed by atoms with van der Waals surface area (Å²) in [6, 6.07) is 5.79. The maximum absolute atomic E-state index is 6.73. The topological polar surface area (TPSA) is 22.8 Å². The maximum Gasteiger partial charge on any atom is 0.218 e. The molecule has 0 spiro atoms. The summed E-state index contributed by atoms with van der Waals surface area (Å²) in [7, 11) is 1.62. The molecule has 0 saturated heterocycles. The Labute approximate surface area is 90.5 Å². The van der Waals surface area contributed by atoms with Crippen molar-refractivity contribution in [3.63, 3.8) is 0 Å². The van der Waals surface area contributed by atoms with Crippen LogP contribution >= 0.6 is 0 Å². The summed E-state index contributed by atoms with van der Waals surface area (Å²) < 4.78 is 10.6. The van der Waals surface area contributed by atoms with E-state index in [0.29, 0.717) is 13.2 Å². The van der Waals surface area contributed by atoms with Gasteiger partial charge in [0.15, 0.2) is 11.5 Å². The summed E-state index contributed by atoms with van der Waals surface area (Å²) in [5.74, 6) is 1.49. The van der Waals surface area contributed by atoms with Crippen molar-refractivity contribution in [1.29, 1.82) is 0 Å². The van der Waals surface area contributed by atoms with Crippen LogP contribution in [0.3, 0.4) is 0 Å². The van der Waals surface area contributed by atoms with Gasteiger partial charge in [-0.15, -0.1) is 0 Å². The Morgan fingerprint density at radius 2 is 2.13 bits per heavy atom. The minimum absolute atomic E-state index is 0.511. The predicted octanol–water partition coefficient (Wildman–Crippen LogP) is 2.56. The normalized spacial score (nSPS) is 9.40. The standard InChI is InChI=1S/C12H15NO2/c1-4-15-11-6-5-10(7-8-13-2)9-12(11)14-3/h5-6,9H,4,7-8H2,1,3H3. The van der Waals surface area contributed by atoms with Crippen LogP contribution < -0.4 is 9.47 Å². The second-order valence-electron chi connectivity index (χ2n) is 3.05. The molecule has 1 rings (SSSR count). The summed E-state index contributed by atoms with van der Waals surface area (Å²) in [6.07, 6.45) is 0.756. The molecule has 0 aliphatic heterocycles. The van der Waals surface area contributed by atoms with Crippen molar-refractivity contribution in [3.05, 3.63) is 35.2 Å². The van der Waals surface area contributed by atoms with Crippen LogP contribution in [0, 0.1) is 6.57 Å². The lowest BCUT2D eigenvalue weighted by atomic mass is 10.1. The molecule has 0 aliphatic rings. The summed E-state index contributed by atoms with van der Waals surface area (Å²) >= 11 is 0. The number of ether oxygens (including phenoxy) is 2. The number of hydrogen-bond acceptors (Lipinski definition) is 2. The zero-order valence-electron chi connectivity index (χ0n) is 9.12. The van der Waals surface area contributed by atoms with Crippen LogP contribution in [0.25, 0.3) is 4.85 Å². The second-order valence-corrected chi connectivity index (χ2v) is 3.05. The molecule has 3 nitrogen and oxygen atoms in total. The van der Waals surface area contributed by atoms with Crippen molar-refractivity contribution in [1.82, 2.24) is 0 Å². The molecule has 0 saturated carbocycles. The fourth-order valence-corrected chi connectivity index (χ4v) is 1.33. The molecule has 0 heterocycles. The van der Waals surface area contributed by atoms with Crippen molar-refractivity contribution in [3.8, 4) is 11.5 Å². The largest absolute Gasteiger partial charge is 0.493 e. The zero-order valence-corrected chi connectivity index (χ0v) is 9.12. The number of methoxy groups -OCH3 is 1. The van der Waals surface area contributed by atoms with Crippen LogP contribution in [0.2, 0.25) is 0 Å². The molecule has 1 aromatic rings. The Balaban J connectivity index is 2.82. The third kappa shape index (κ3) is 3.17. The van der Waals surface area contributed by atoms with Gasteiger partial charge < -0.3 is 14.3 Å². The molecular weight excluding hydrogens is 190 g/mol. The molecule has 0 radical (unpaired) electrons. The Morgan fingerprint density at radius 1 is 1.33 bits per heavy atom. The average molecular weight is 205 g/mol. The van der Waals surface area contributed by atoms with E-state index in [9.17, 15) is 0 Å². The van der Waals surface area contributed by atoms with Crippen LogP contribution in [0.5, 0.6) is 11.5 Å². The van der Waals surface area contributed by atoms with Crippen molar-refractivity contribution in [2.45, 2.75) is 13.3 Å². The highest BCUT2D eigenvalue weighted by Gasteiger charge is 2.05. The molecule has 0 bridgehead atoms. The Morgan fingerprint density at radius 3 is 2.73 bits per heavy atom. The smallest absolute Gasteiger partial charge is 0.218 e. The van der Waals surface area contributed by atoms with Gasteiger partial charge in [0.25, 0.3) is 0 Å². The Hall–Kier alpha value is -1.69. The molecule has 0 fully saturated rings. The molecule has 1 aromatic carbocycles. The Bertz CT molecular complexity index is 355. The average Bonchev–Trinajstić information content (AvgIpc) is 2.28. The predicted molar refractivity (Wildman–Crippen MR) is 59.3 cm³/mol. The Kier molecular flexibility index (Phi) is 4.49. The monoisotopic (exact) mass is 205 g/mol. The van der Waals surface area contributed by atoms with Crippen molar-refractivity contribution >= 4 is 0 Å². The van der Waals surface area contributed by atoms with Crippen LogP contribution in [0.1, 0.15) is 12.5 Å². The summed E-state index contributed by atoms with van der Waals surface area (Å²) in [5.41, 5.74) is 1.10. The van der Waals surface area contributed by atoms with E-state index in [1.54, 1.807) is 7.11 Å².